The molecule has 0 aromatic heterocycles. The number of hydrogen-bond acceptors (Lipinski definition) is 4. The summed E-state index contributed by atoms with van der Waals surface area (Å²) in [5, 5.41) is 14.9. The smallest absolute Gasteiger partial charge is 0.326 e. The second kappa shape index (κ2) is 15.4. The molecule has 0 aliphatic heterocycles. The van der Waals surface area contributed by atoms with Crippen LogP contribution in [0.15, 0.2) is 127 Å². The summed E-state index contributed by atoms with van der Waals surface area (Å²) in [7, 11) is 0. The molecule has 4 aromatic rings. The molecule has 230 valence electrons. The highest BCUT2D eigenvalue weighted by Gasteiger charge is 2.34. The lowest BCUT2D eigenvalue weighted by atomic mass is 9.97. The van der Waals surface area contributed by atoms with Crippen LogP contribution in [0.3, 0.4) is 0 Å². The van der Waals surface area contributed by atoms with Crippen LogP contribution in [0.25, 0.3) is 10.8 Å². The molecule has 7 heteroatoms. The van der Waals surface area contributed by atoms with Crippen molar-refractivity contribution in [1.29, 1.82) is 0 Å². The van der Waals surface area contributed by atoms with Crippen molar-refractivity contribution in [1.82, 2.24) is 10.2 Å². The van der Waals surface area contributed by atoms with Crippen LogP contribution in [0, 0.1) is 0 Å². The molecule has 2 N–H and O–H groups in total. The number of carboxylic acid groups (broad SMARTS) is 1. The zero-order valence-electron chi connectivity index (χ0n) is 25.1. The van der Waals surface area contributed by atoms with Crippen molar-refractivity contribution >= 4 is 41.2 Å². The van der Waals surface area contributed by atoms with Gasteiger partial charge < -0.3 is 15.3 Å². The summed E-state index contributed by atoms with van der Waals surface area (Å²) in [4.78, 5) is 42.1. The average molecular weight is 619 g/mol. The van der Waals surface area contributed by atoms with Crippen LogP contribution >= 0.6 is 12.6 Å². The van der Waals surface area contributed by atoms with Gasteiger partial charge in [-0.05, 0) is 65.3 Å². The maximum atomic E-state index is 14.3. The lowest BCUT2D eigenvalue weighted by Crippen LogP contribution is -2.54. The maximum absolute atomic E-state index is 14.3. The number of thiol groups is 1. The number of fused-ring (bicyclic) bond motifs is 1. The van der Waals surface area contributed by atoms with Gasteiger partial charge in [0.25, 0.3) is 5.91 Å². The predicted molar refractivity (Wildman–Crippen MR) is 182 cm³/mol. The summed E-state index contributed by atoms with van der Waals surface area (Å²) < 4.78 is 0. The fourth-order valence-corrected chi connectivity index (χ4v) is 6.02. The van der Waals surface area contributed by atoms with Gasteiger partial charge in [0, 0.05) is 18.5 Å². The number of benzene rings is 4. The van der Waals surface area contributed by atoms with E-state index in [0.717, 1.165) is 40.3 Å². The minimum Gasteiger partial charge on any atom is -0.480 e. The van der Waals surface area contributed by atoms with Gasteiger partial charge in [0.05, 0.1) is 11.3 Å². The molecule has 4 aromatic carbocycles. The molecule has 0 saturated heterocycles. The molecule has 2 unspecified atom stereocenters. The molecular formula is C38H38N2O4S. The molecule has 0 bridgehead atoms. The molecule has 2 amide bonds. The lowest BCUT2D eigenvalue weighted by molar-refractivity contribution is -0.142. The van der Waals surface area contributed by atoms with E-state index in [2.05, 4.69) is 17.9 Å². The Kier molecular flexibility index (Phi) is 10.9. The van der Waals surface area contributed by atoms with Crippen molar-refractivity contribution in [3.63, 3.8) is 0 Å². The Morgan fingerprint density at radius 1 is 0.778 bits per heavy atom. The van der Waals surface area contributed by atoms with E-state index in [1.807, 2.05) is 109 Å². The number of carbonyl (C=O) groups is 3. The van der Waals surface area contributed by atoms with Crippen LogP contribution in [0.4, 0.5) is 0 Å². The van der Waals surface area contributed by atoms with Crippen molar-refractivity contribution in [2.45, 2.75) is 49.4 Å². The second-order valence-corrected chi connectivity index (χ2v) is 12.1. The molecular weight excluding hydrogens is 580 g/mol. The van der Waals surface area contributed by atoms with E-state index >= 15 is 0 Å². The van der Waals surface area contributed by atoms with E-state index in [9.17, 15) is 19.5 Å². The van der Waals surface area contributed by atoms with Crippen molar-refractivity contribution in [3.8, 4) is 0 Å². The highest BCUT2D eigenvalue weighted by Crippen LogP contribution is 2.23. The van der Waals surface area contributed by atoms with Crippen molar-refractivity contribution in [2.75, 3.05) is 6.54 Å². The van der Waals surface area contributed by atoms with E-state index in [0.29, 0.717) is 18.4 Å². The summed E-state index contributed by atoms with van der Waals surface area (Å²) in [5.41, 5.74) is 3.23. The highest BCUT2D eigenvalue weighted by molar-refractivity contribution is 7.81. The fraction of sp³-hybridized carbons (Fsp3) is 0.237. The summed E-state index contributed by atoms with van der Waals surface area (Å²) in [6.07, 6.45) is 8.75. The van der Waals surface area contributed by atoms with Crippen LogP contribution in [0.2, 0.25) is 0 Å². The summed E-state index contributed by atoms with van der Waals surface area (Å²) in [6.45, 7) is 0.00604. The van der Waals surface area contributed by atoms with Gasteiger partial charge in [0.15, 0.2) is 0 Å². The highest BCUT2D eigenvalue weighted by atomic mass is 32.1. The molecule has 1 aliphatic carbocycles. The van der Waals surface area contributed by atoms with Crippen LogP contribution in [-0.2, 0) is 22.4 Å². The molecule has 3 atom stereocenters. The first-order chi connectivity index (χ1) is 21.9. The Balaban J connectivity index is 1.47. The van der Waals surface area contributed by atoms with E-state index in [-0.39, 0.29) is 18.9 Å². The van der Waals surface area contributed by atoms with Crippen molar-refractivity contribution < 1.29 is 19.5 Å². The number of nitrogens with zero attached hydrogens (tertiary/aromatic N) is 1. The minimum atomic E-state index is -1.13. The van der Waals surface area contributed by atoms with Gasteiger partial charge in [0.1, 0.15) is 6.04 Å². The number of aliphatic carboxylic acids is 1. The molecule has 0 saturated carbocycles. The molecule has 0 spiro atoms. The quantitative estimate of drug-likeness (QED) is 0.146. The molecule has 6 nitrogen and oxygen atoms in total. The summed E-state index contributed by atoms with van der Waals surface area (Å²) >= 11 is 4.62. The third-order valence-corrected chi connectivity index (χ3v) is 8.50. The topological polar surface area (TPSA) is 86.7 Å². The van der Waals surface area contributed by atoms with Crippen LogP contribution in [-0.4, -0.2) is 51.7 Å². The van der Waals surface area contributed by atoms with Gasteiger partial charge >= 0.3 is 5.97 Å². The third kappa shape index (κ3) is 8.73. The average Bonchev–Trinajstić information content (AvgIpc) is 3.07. The Morgan fingerprint density at radius 3 is 2.07 bits per heavy atom. The Bertz CT molecular complexity index is 1690. The zero-order chi connectivity index (χ0) is 31.6. The summed E-state index contributed by atoms with van der Waals surface area (Å²) in [6, 6.07) is 30.8. The molecule has 1 aliphatic rings. The number of amides is 2. The number of carbonyl (C=O) groups excluding carboxylic acids is 2. The number of allylic oxidation sites excluding steroid dienone is 3. The van der Waals surface area contributed by atoms with E-state index in [1.54, 1.807) is 12.1 Å². The standard InChI is InChI=1S/C38H38N2O4S/c41-36(35(45)24-29-16-8-3-9-17-29)39-33(22-27-12-4-1-5-13-27)26-40(34(38(43)44)23-28-14-6-2-7-15-28)37(42)32-21-20-30-18-10-11-19-31(30)25-32/h1,3-6,8-21,25,33-35,45H,2,7,22-24,26H2,(H,39,41)(H,43,44)/t33?,34-,35?/m0/s1. The molecule has 0 radical (unpaired) electrons. The molecule has 0 heterocycles. The van der Waals surface area contributed by atoms with Crippen LogP contribution in [0.5, 0.6) is 0 Å². The van der Waals surface area contributed by atoms with E-state index in [1.165, 1.54) is 4.90 Å². The fourth-order valence-electron chi connectivity index (χ4n) is 5.74. The first kappa shape index (κ1) is 31.8. The van der Waals surface area contributed by atoms with Crippen molar-refractivity contribution in [2.24, 2.45) is 0 Å². The summed E-state index contributed by atoms with van der Waals surface area (Å²) in [5.74, 6) is -1.76. The number of hydrogen-bond donors (Lipinski definition) is 3. The monoisotopic (exact) mass is 618 g/mol. The zero-order valence-corrected chi connectivity index (χ0v) is 26.0. The SMILES string of the molecule is O=C(NC(Cc1ccccc1)CN(C(=O)c1ccc2ccccc2c1)[C@@H](CC1=CCCC=C1)C(=O)O)C(S)Cc1ccccc1. The normalized spacial score (nSPS) is 14.6. The van der Waals surface area contributed by atoms with E-state index in [4.69, 9.17) is 0 Å². The molecule has 0 fully saturated rings. The largest absolute Gasteiger partial charge is 0.480 e. The Hall–Kier alpha value is -4.62. The Morgan fingerprint density at radius 2 is 1.42 bits per heavy atom. The molecule has 45 heavy (non-hydrogen) atoms. The van der Waals surface area contributed by atoms with E-state index < -0.39 is 29.2 Å². The Labute approximate surface area is 269 Å². The number of nitrogens with one attached hydrogen (secondary N) is 1. The van der Waals surface area contributed by atoms with Gasteiger partial charge in [-0.25, -0.2) is 4.79 Å². The molecule has 5 rings (SSSR count). The van der Waals surface area contributed by atoms with Crippen molar-refractivity contribution in [3.05, 3.63) is 144 Å². The first-order valence-electron chi connectivity index (χ1n) is 15.3. The van der Waals surface area contributed by atoms with Gasteiger partial charge in [-0.1, -0.05) is 109 Å². The second-order valence-electron chi connectivity index (χ2n) is 11.4. The van der Waals surface area contributed by atoms with Gasteiger partial charge in [-0.3, -0.25) is 9.59 Å². The van der Waals surface area contributed by atoms with Crippen LogP contribution in [0.1, 0.15) is 40.7 Å². The van der Waals surface area contributed by atoms with Gasteiger partial charge in [-0.15, -0.1) is 0 Å². The van der Waals surface area contributed by atoms with Crippen LogP contribution < -0.4 is 5.32 Å². The number of carboxylic acids is 1. The minimum absolute atomic E-state index is 0.00604. The van der Waals surface area contributed by atoms with Gasteiger partial charge in [0.2, 0.25) is 5.91 Å². The third-order valence-electron chi connectivity index (χ3n) is 8.08. The lowest BCUT2D eigenvalue weighted by Gasteiger charge is -2.34. The predicted octanol–water partition coefficient (Wildman–Crippen LogP) is 6.67. The van der Waals surface area contributed by atoms with Gasteiger partial charge in [-0.2, -0.15) is 12.6 Å². The maximum Gasteiger partial charge on any atom is 0.326 e. The first-order valence-corrected chi connectivity index (χ1v) is 15.8. The number of rotatable bonds is 13.